The number of unbranched alkanes of at least 4 members (excludes halogenated alkanes) is 6. The standard InChI is InChI=1S/C36H50/c1-5-9-11-13-17-33-27-36(32-25-21-30(16-8-4)22-26-32)34(18-14-12-10-6-2)28-35(33)31-23-19-29(15-7-3)20-24-31/h19-28H,5-18H2,1-4H3. The van der Waals surface area contributed by atoms with Gasteiger partial charge in [0.2, 0.25) is 0 Å². The zero-order valence-corrected chi connectivity index (χ0v) is 23.7. The van der Waals surface area contributed by atoms with Gasteiger partial charge in [-0.25, -0.2) is 0 Å². The molecule has 194 valence electrons. The zero-order chi connectivity index (χ0) is 25.6. The molecular formula is C36H50. The van der Waals surface area contributed by atoms with Crippen molar-refractivity contribution in [2.45, 2.75) is 118 Å². The topological polar surface area (TPSA) is 0 Å². The Bertz CT molecular complexity index is 922. The second-order valence-corrected chi connectivity index (χ2v) is 10.7. The quantitative estimate of drug-likeness (QED) is 0.178. The minimum absolute atomic E-state index is 1.17. The second kappa shape index (κ2) is 15.7. The molecule has 0 spiro atoms. The van der Waals surface area contributed by atoms with E-state index < -0.39 is 0 Å². The Labute approximate surface area is 222 Å². The first-order valence-electron chi connectivity index (χ1n) is 15.0. The molecule has 0 amide bonds. The van der Waals surface area contributed by atoms with Gasteiger partial charge in [-0.3, -0.25) is 0 Å². The Morgan fingerprint density at radius 2 is 0.778 bits per heavy atom. The summed E-state index contributed by atoms with van der Waals surface area (Å²) in [4.78, 5) is 0. The van der Waals surface area contributed by atoms with E-state index in [-0.39, 0.29) is 0 Å². The van der Waals surface area contributed by atoms with Gasteiger partial charge >= 0.3 is 0 Å². The van der Waals surface area contributed by atoms with E-state index in [1.807, 2.05) is 0 Å². The van der Waals surface area contributed by atoms with Crippen molar-refractivity contribution in [1.82, 2.24) is 0 Å². The van der Waals surface area contributed by atoms with E-state index in [4.69, 9.17) is 0 Å². The van der Waals surface area contributed by atoms with Crippen molar-refractivity contribution in [2.75, 3.05) is 0 Å². The van der Waals surface area contributed by atoms with E-state index in [0.29, 0.717) is 0 Å². The summed E-state index contributed by atoms with van der Waals surface area (Å²) in [7, 11) is 0. The molecule has 0 aromatic heterocycles. The van der Waals surface area contributed by atoms with Crippen LogP contribution in [-0.4, -0.2) is 0 Å². The van der Waals surface area contributed by atoms with Crippen LogP contribution in [0, 0.1) is 0 Å². The lowest BCUT2D eigenvalue weighted by atomic mass is 9.86. The van der Waals surface area contributed by atoms with Gasteiger partial charge in [-0.15, -0.1) is 0 Å². The molecule has 0 radical (unpaired) electrons. The molecule has 0 aliphatic carbocycles. The van der Waals surface area contributed by atoms with Gasteiger partial charge in [0.05, 0.1) is 0 Å². The summed E-state index contributed by atoms with van der Waals surface area (Å²) in [5, 5.41) is 0. The summed E-state index contributed by atoms with van der Waals surface area (Å²) in [6.07, 6.45) is 17.5. The van der Waals surface area contributed by atoms with Crippen LogP contribution in [0.1, 0.15) is 114 Å². The van der Waals surface area contributed by atoms with E-state index in [1.165, 1.54) is 134 Å². The molecule has 0 bridgehead atoms. The van der Waals surface area contributed by atoms with E-state index in [1.54, 1.807) is 0 Å². The first kappa shape index (κ1) is 28.2. The molecule has 0 nitrogen and oxygen atoms in total. The second-order valence-electron chi connectivity index (χ2n) is 10.7. The molecule has 0 saturated heterocycles. The molecule has 0 unspecified atom stereocenters. The van der Waals surface area contributed by atoms with Gasteiger partial charge in [-0.2, -0.15) is 0 Å². The third-order valence-electron chi connectivity index (χ3n) is 7.54. The molecule has 3 rings (SSSR count). The van der Waals surface area contributed by atoms with Gasteiger partial charge in [0, 0.05) is 0 Å². The molecule has 0 fully saturated rings. The number of benzene rings is 3. The van der Waals surface area contributed by atoms with Gasteiger partial charge in [0.25, 0.3) is 0 Å². The van der Waals surface area contributed by atoms with Crippen LogP contribution in [0.15, 0.2) is 60.7 Å². The number of rotatable bonds is 16. The maximum atomic E-state index is 2.56. The van der Waals surface area contributed by atoms with E-state index in [0.717, 1.165) is 0 Å². The van der Waals surface area contributed by atoms with Crippen LogP contribution < -0.4 is 0 Å². The van der Waals surface area contributed by atoms with Gasteiger partial charge in [-0.05, 0) is 83.0 Å². The van der Waals surface area contributed by atoms with E-state index >= 15 is 0 Å². The normalized spacial score (nSPS) is 11.2. The van der Waals surface area contributed by atoms with E-state index in [2.05, 4.69) is 88.4 Å². The van der Waals surface area contributed by atoms with Crippen molar-refractivity contribution in [3.05, 3.63) is 82.9 Å². The maximum absolute atomic E-state index is 2.56. The molecule has 3 aromatic carbocycles. The molecule has 0 aliphatic rings. The summed E-state index contributed by atoms with van der Waals surface area (Å²) in [5.74, 6) is 0. The Morgan fingerprint density at radius 3 is 1.11 bits per heavy atom. The number of hydrogen-bond acceptors (Lipinski definition) is 0. The average molecular weight is 483 g/mol. The molecular weight excluding hydrogens is 432 g/mol. The van der Waals surface area contributed by atoms with Gasteiger partial charge in [0.1, 0.15) is 0 Å². The fraction of sp³-hybridized carbons (Fsp3) is 0.500. The molecule has 0 heterocycles. The molecule has 0 atom stereocenters. The SMILES string of the molecule is CCCCCCc1cc(-c2ccc(CCC)cc2)c(CCCCCC)cc1-c1ccc(CCC)cc1. The minimum atomic E-state index is 1.17. The summed E-state index contributed by atoms with van der Waals surface area (Å²) < 4.78 is 0. The predicted octanol–water partition coefficient (Wildman–Crippen LogP) is 11.2. The molecule has 0 aliphatic heterocycles. The summed E-state index contributed by atoms with van der Waals surface area (Å²) in [6, 6.07) is 24.0. The van der Waals surface area contributed by atoms with Crippen LogP contribution in [-0.2, 0) is 25.7 Å². The molecule has 36 heavy (non-hydrogen) atoms. The third kappa shape index (κ3) is 8.36. The van der Waals surface area contributed by atoms with Crippen LogP contribution in [0.5, 0.6) is 0 Å². The van der Waals surface area contributed by atoms with Crippen LogP contribution in [0.25, 0.3) is 22.3 Å². The maximum Gasteiger partial charge on any atom is -0.0149 e. The van der Waals surface area contributed by atoms with Crippen molar-refractivity contribution in [3.63, 3.8) is 0 Å². The van der Waals surface area contributed by atoms with Crippen LogP contribution >= 0.6 is 0 Å². The Kier molecular flexibility index (Phi) is 12.3. The highest BCUT2D eigenvalue weighted by atomic mass is 14.2. The number of hydrogen-bond donors (Lipinski definition) is 0. The lowest BCUT2D eigenvalue weighted by molar-refractivity contribution is 0.664. The average Bonchev–Trinajstić information content (AvgIpc) is 2.91. The molecule has 3 aromatic rings. The van der Waals surface area contributed by atoms with E-state index in [9.17, 15) is 0 Å². The van der Waals surface area contributed by atoms with Gasteiger partial charge < -0.3 is 0 Å². The lowest BCUT2D eigenvalue weighted by Gasteiger charge is -2.18. The number of aryl methyl sites for hydroxylation is 4. The zero-order valence-electron chi connectivity index (χ0n) is 23.7. The highest BCUT2D eigenvalue weighted by Gasteiger charge is 2.14. The highest BCUT2D eigenvalue weighted by molar-refractivity contribution is 5.77. The van der Waals surface area contributed by atoms with Crippen molar-refractivity contribution < 1.29 is 0 Å². The molecule has 0 N–H and O–H groups in total. The lowest BCUT2D eigenvalue weighted by Crippen LogP contribution is -1.99. The summed E-state index contributed by atoms with van der Waals surface area (Å²) in [5.41, 5.74) is 11.7. The molecule has 0 heteroatoms. The largest absolute Gasteiger partial charge is 0.0654 e. The first-order valence-corrected chi connectivity index (χ1v) is 15.0. The van der Waals surface area contributed by atoms with Crippen molar-refractivity contribution in [3.8, 4) is 22.3 Å². The Morgan fingerprint density at radius 1 is 0.389 bits per heavy atom. The molecule has 0 saturated carbocycles. The van der Waals surface area contributed by atoms with Crippen LogP contribution in [0.2, 0.25) is 0 Å². The minimum Gasteiger partial charge on any atom is -0.0654 e. The summed E-state index contributed by atoms with van der Waals surface area (Å²) >= 11 is 0. The van der Waals surface area contributed by atoms with Crippen molar-refractivity contribution in [1.29, 1.82) is 0 Å². The van der Waals surface area contributed by atoms with Crippen LogP contribution in [0.3, 0.4) is 0 Å². The Balaban J connectivity index is 2.03. The predicted molar refractivity (Wildman–Crippen MR) is 161 cm³/mol. The van der Waals surface area contributed by atoms with Gasteiger partial charge in [-0.1, -0.05) is 140 Å². The fourth-order valence-electron chi connectivity index (χ4n) is 5.40. The van der Waals surface area contributed by atoms with Crippen molar-refractivity contribution >= 4 is 0 Å². The third-order valence-corrected chi connectivity index (χ3v) is 7.54. The highest BCUT2D eigenvalue weighted by Crippen LogP contribution is 2.35. The fourth-order valence-corrected chi connectivity index (χ4v) is 5.40. The van der Waals surface area contributed by atoms with Crippen LogP contribution in [0.4, 0.5) is 0 Å². The monoisotopic (exact) mass is 482 g/mol. The first-order chi connectivity index (χ1) is 17.7. The van der Waals surface area contributed by atoms with Crippen molar-refractivity contribution in [2.24, 2.45) is 0 Å². The smallest absolute Gasteiger partial charge is 0.0149 e. The summed E-state index contributed by atoms with van der Waals surface area (Å²) in [6.45, 7) is 9.13. The Hall–Kier alpha value is -2.34. The van der Waals surface area contributed by atoms with Gasteiger partial charge in [0.15, 0.2) is 0 Å².